The van der Waals surface area contributed by atoms with E-state index >= 15 is 0 Å². The van der Waals surface area contributed by atoms with Crippen LogP contribution < -0.4 is 0 Å². The molecule has 4 nitrogen and oxygen atoms in total. The van der Waals surface area contributed by atoms with E-state index in [1.165, 1.54) is 32.9 Å². The van der Waals surface area contributed by atoms with Crippen LogP contribution in [-0.4, -0.2) is 26.7 Å². The number of hydrogen-bond acceptors (Lipinski definition) is 3. The number of alkyl halides is 2. The first-order valence-corrected chi connectivity index (χ1v) is 8.74. The topological polar surface area (TPSA) is 55.7 Å². The molecule has 1 aromatic rings. The van der Waals surface area contributed by atoms with Crippen molar-refractivity contribution in [2.24, 2.45) is 4.40 Å². The lowest BCUT2D eigenvalue weighted by atomic mass is 10.0. The molecule has 0 aromatic heterocycles. The zero-order valence-corrected chi connectivity index (χ0v) is 15.8. The summed E-state index contributed by atoms with van der Waals surface area (Å²) in [5, 5.41) is 0. The van der Waals surface area contributed by atoms with Gasteiger partial charge in [-0.1, -0.05) is 12.1 Å². The summed E-state index contributed by atoms with van der Waals surface area (Å²) in [5.41, 5.74) is -1.35. The fourth-order valence-electron chi connectivity index (χ4n) is 1.76. The second kappa shape index (κ2) is 7.68. The molecule has 140 valence electrons. The third kappa shape index (κ3) is 5.14. The quantitative estimate of drug-likeness (QED) is 0.572. The maximum Gasteiger partial charge on any atom is 0.382 e. The molecule has 0 aliphatic carbocycles. The molecule has 0 saturated heterocycles. The van der Waals surface area contributed by atoms with Crippen LogP contribution in [0.1, 0.15) is 52.7 Å². The van der Waals surface area contributed by atoms with E-state index in [0.29, 0.717) is 0 Å². The predicted molar refractivity (Wildman–Crippen MR) is 91.6 cm³/mol. The molecule has 8 heteroatoms. The van der Waals surface area contributed by atoms with Gasteiger partial charge in [-0.05, 0) is 47.6 Å². The molecule has 0 saturated carbocycles. The van der Waals surface area contributed by atoms with E-state index in [1.807, 2.05) is 0 Å². The molecule has 0 aliphatic rings. The molecule has 0 fully saturated rings. The Morgan fingerprint density at radius 2 is 1.80 bits per heavy atom. The summed E-state index contributed by atoms with van der Waals surface area (Å²) >= 11 is 0. The van der Waals surface area contributed by atoms with Crippen LogP contribution in [0.25, 0.3) is 0 Å². The number of benzene rings is 1. The van der Waals surface area contributed by atoms with E-state index in [4.69, 9.17) is 0 Å². The Bertz CT molecular complexity index is 710. The predicted octanol–water partition coefficient (Wildman–Crippen LogP) is 4.14. The Labute approximate surface area is 148 Å². The minimum Gasteiger partial charge on any atom is -0.458 e. The van der Waals surface area contributed by atoms with Crippen LogP contribution in [0.2, 0.25) is 0 Å². The smallest absolute Gasteiger partial charge is 0.382 e. The fourth-order valence-corrected chi connectivity index (χ4v) is 2.38. The van der Waals surface area contributed by atoms with Gasteiger partial charge in [0, 0.05) is 5.56 Å². The van der Waals surface area contributed by atoms with E-state index in [0.717, 1.165) is 6.07 Å². The van der Waals surface area contributed by atoms with Crippen LogP contribution >= 0.6 is 0 Å². The number of carbonyl (C=O) groups is 1. The first-order chi connectivity index (χ1) is 11.3. The van der Waals surface area contributed by atoms with Crippen molar-refractivity contribution < 1.29 is 26.9 Å². The number of halogens is 3. The van der Waals surface area contributed by atoms with E-state index < -0.39 is 45.1 Å². The molecule has 0 heterocycles. The van der Waals surface area contributed by atoms with Crippen LogP contribution in [0.5, 0.6) is 0 Å². The van der Waals surface area contributed by atoms with E-state index in [2.05, 4.69) is 9.13 Å². The van der Waals surface area contributed by atoms with Gasteiger partial charge in [0.25, 0.3) is 0 Å². The van der Waals surface area contributed by atoms with Crippen LogP contribution in [-0.2, 0) is 26.4 Å². The van der Waals surface area contributed by atoms with Crippen molar-refractivity contribution in [3.8, 4) is 0 Å². The molecule has 0 spiro atoms. The zero-order valence-electron chi connectivity index (χ0n) is 15.0. The van der Waals surface area contributed by atoms with Gasteiger partial charge in [0.05, 0.1) is 22.1 Å². The molecule has 25 heavy (non-hydrogen) atoms. The summed E-state index contributed by atoms with van der Waals surface area (Å²) in [4.78, 5) is 11.6. The van der Waals surface area contributed by atoms with Crippen LogP contribution in [0.3, 0.4) is 0 Å². The first kappa shape index (κ1) is 21.3. The number of rotatable bonds is 5. The van der Waals surface area contributed by atoms with E-state index in [-0.39, 0.29) is 11.3 Å². The van der Waals surface area contributed by atoms with Crippen molar-refractivity contribution in [2.45, 2.75) is 58.3 Å². The third-order valence-electron chi connectivity index (χ3n) is 3.07. The molecule has 1 aromatic carbocycles. The lowest BCUT2D eigenvalue weighted by molar-refractivity contribution is -0.178. The number of esters is 1. The minimum atomic E-state index is -4.15. The zero-order chi connectivity index (χ0) is 19.6. The van der Waals surface area contributed by atoms with Gasteiger partial charge < -0.3 is 4.74 Å². The summed E-state index contributed by atoms with van der Waals surface area (Å²) in [5.74, 6) is -7.26. The van der Waals surface area contributed by atoms with Crippen molar-refractivity contribution >= 4 is 22.7 Å². The molecule has 0 aliphatic heterocycles. The standard InChI is InChI=1S/C17H22F3NO3S/c1-10(2)24-15(22)17(19,20)13-9-7-8-12(14(13)18)11(3)21-25(23)16(4,5)6/h7-10H,1-6H3/b21-11-. The highest BCUT2D eigenvalue weighted by molar-refractivity contribution is 7.85. The van der Waals surface area contributed by atoms with Gasteiger partial charge in [0.1, 0.15) is 16.8 Å². The average Bonchev–Trinajstić information content (AvgIpc) is 2.45. The third-order valence-corrected chi connectivity index (χ3v) is 4.56. The average molecular weight is 377 g/mol. The number of hydrogen-bond donors (Lipinski definition) is 0. The lowest BCUT2D eigenvalue weighted by Gasteiger charge is -2.19. The van der Waals surface area contributed by atoms with Gasteiger partial charge in [0.2, 0.25) is 0 Å². The van der Waals surface area contributed by atoms with Gasteiger partial charge in [0.15, 0.2) is 0 Å². The summed E-state index contributed by atoms with van der Waals surface area (Å²) in [7, 11) is -1.68. The van der Waals surface area contributed by atoms with Gasteiger partial charge in [-0.3, -0.25) is 0 Å². The van der Waals surface area contributed by atoms with Crippen molar-refractivity contribution in [2.75, 3.05) is 0 Å². The van der Waals surface area contributed by atoms with Gasteiger partial charge >= 0.3 is 11.9 Å². The monoisotopic (exact) mass is 377 g/mol. The normalized spacial score (nSPS) is 14.6. The summed E-state index contributed by atoms with van der Waals surface area (Å²) in [6.07, 6.45) is -0.762. The van der Waals surface area contributed by atoms with E-state index in [9.17, 15) is 22.2 Å². The molecule has 0 radical (unpaired) electrons. The molecule has 1 atom stereocenters. The summed E-state index contributed by atoms with van der Waals surface area (Å²) in [6, 6.07) is 3.24. The molecular formula is C17H22F3NO3S. The van der Waals surface area contributed by atoms with Gasteiger partial charge in [-0.25, -0.2) is 13.4 Å². The number of ether oxygens (including phenoxy) is 1. The molecule has 1 unspecified atom stereocenters. The molecule has 0 bridgehead atoms. The molecule has 0 N–H and O–H groups in total. The number of carbonyl (C=O) groups excluding carboxylic acids is 1. The molecule has 0 amide bonds. The molecular weight excluding hydrogens is 355 g/mol. The number of nitrogens with zero attached hydrogens (tertiary/aromatic N) is 1. The van der Waals surface area contributed by atoms with Crippen molar-refractivity contribution in [1.82, 2.24) is 0 Å². The van der Waals surface area contributed by atoms with Crippen LogP contribution in [0.4, 0.5) is 13.2 Å². The van der Waals surface area contributed by atoms with Crippen molar-refractivity contribution in [3.05, 3.63) is 35.1 Å². The Balaban J connectivity index is 3.34. The van der Waals surface area contributed by atoms with Gasteiger partial charge in [-0.2, -0.15) is 13.2 Å². The Morgan fingerprint density at radius 1 is 1.24 bits per heavy atom. The Hall–Kier alpha value is -1.70. The van der Waals surface area contributed by atoms with Crippen molar-refractivity contribution in [1.29, 1.82) is 0 Å². The maximum absolute atomic E-state index is 14.6. The maximum atomic E-state index is 14.6. The Kier molecular flexibility index (Phi) is 6.55. The lowest BCUT2D eigenvalue weighted by Crippen LogP contribution is -2.31. The highest BCUT2D eigenvalue weighted by Crippen LogP contribution is 2.33. The summed E-state index contributed by atoms with van der Waals surface area (Å²) in [6.45, 7) is 9.25. The fraction of sp³-hybridized carbons (Fsp3) is 0.529. The largest absolute Gasteiger partial charge is 0.458 e. The minimum absolute atomic E-state index is 0.000588. The highest BCUT2D eigenvalue weighted by atomic mass is 32.2. The van der Waals surface area contributed by atoms with Crippen molar-refractivity contribution in [3.63, 3.8) is 0 Å². The summed E-state index contributed by atoms with van der Waals surface area (Å²) < 4.78 is 62.9. The first-order valence-electron chi connectivity index (χ1n) is 7.64. The second-order valence-corrected chi connectivity index (χ2v) is 8.64. The van der Waals surface area contributed by atoms with Crippen LogP contribution in [0.15, 0.2) is 22.6 Å². The second-order valence-electron chi connectivity index (χ2n) is 6.73. The van der Waals surface area contributed by atoms with E-state index in [1.54, 1.807) is 20.8 Å². The SMILES string of the molecule is C/C(=N/S(=O)C(C)(C)C)c1cccc(C(F)(F)C(=O)OC(C)C)c1F. The van der Waals surface area contributed by atoms with Gasteiger partial charge in [-0.15, -0.1) is 0 Å². The highest BCUT2D eigenvalue weighted by Gasteiger charge is 2.46. The van der Waals surface area contributed by atoms with Crippen LogP contribution in [0, 0.1) is 5.82 Å². The molecule has 1 rings (SSSR count). The Morgan fingerprint density at radius 3 is 2.28 bits per heavy atom.